The summed E-state index contributed by atoms with van der Waals surface area (Å²) in [6.45, 7) is 2.16. The first-order valence-corrected chi connectivity index (χ1v) is 8.47. The molecule has 0 unspecified atom stereocenters. The third-order valence-corrected chi connectivity index (χ3v) is 4.07. The predicted octanol–water partition coefficient (Wildman–Crippen LogP) is 2.36. The monoisotopic (exact) mass is 356 g/mol. The van der Waals surface area contributed by atoms with Crippen molar-refractivity contribution in [3.63, 3.8) is 0 Å². The Kier molecular flexibility index (Phi) is 5.36. The first kappa shape index (κ1) is 17.7. The molecule has 0 bridgehead atoms. The molecule has 1 aliphatic rings. The highest BCUT2D eigenvalue weighted by atomic mass is 16.5. The maximum absolute atomic E-state index is 12.1. The summed E-state index contributed by atoms with van der Waals surface area (Å²) in [6.07, 6.45) is -0.537. The van der Waals surface area contributed by atoms with E-state index in [1.165, 1.54) is 6.92 Å². The number of imide groups is 1. The highest BCUT2D eigenvalue weighted by molar-refractivity contribution is 5.98. The number of rotatable bonds is 6. The van der Waals surface area contributed by atoms with Gasteiger partial charge in [-0.05, 0) is 19.1 Å². The number of amides is 3. The first-order valence-electron chi connectivity index (χ1n) is 8.47. The largest absolute Gasteiger partial charge is 0.461 e. The number of esters is 1. The Morgan fingerprint density at radius 1 is 1.23 bits per heavy atom. The van der Waals surface area contributed by atoms with Crippen molar-refractivity contribution in [1.82, 2.24) is 10.2 Å². The van der Waals surface area contributed by atoms with E-state index < -0.39 is 24.0 Å². The number of carbonyl (C=O) groups is 3. The lowest BCUT2D eigenvalue weighted by molar-refractivity contribution is -0.157. The molecule has 7 heteroatoms. The molecule has 0 radical (unpaired) electrons. The number of hydrogen-bond donors (Lipinski definition) is 1. The Hall–Kier alpha value is -3.09. The second-order valence-corrected chi connectivity index (χ2v) is 5.99. The molecular formula is C19H20N2O5. The SMILES string of the molecule is C[C@H](OC(=O)CCc1ccc(-c2ccccc2)o1)C(=O)N1CCNC1=O. The highest BCUT2D eigenvalue weighted by Crippen LogP contribution is 2.22. The zero-order chi connectivity index (χ0) is 18.5. The Morgan fingerprint density at radius 2 is 2.00 bits per heavy atom. The van der Waals surface area contributed by atoms with Crippen molar-refractivity contribution >= 4 is 17.9 Å². The second kappa shape index (κ2) is 7.86. The predicted molar refractivity (Wildman–Crippen MR) is 93.1 cm³/mol. The lowest BCUT2D eigenvalue weighted by Gasteiger charge is -2.18. The van der Waals surface area contributed by atoms with E-state index in [-0.39, 0.29) is 13.0 Å². The average Bonchev–Trinajstić information content (AvgIpc) is 3.29. The van der Waals surface area contributed by atoms with Crippen molar-refractivity contribution in [3.8, 4) is 11.3 Å². The minimum atomic E-state index is -0.997. The molecule has 3 amide bonds. The normalized spacial score (nSPS) is 14.8. The van der Waals surface area contributed by atoms with Crippen LogP contribution in [0.1, 0.15) is 19.1 Å². The number of urea groups is 1. The van der Waals surface area contributed by atoms with Crippen LogP contribution in [0, 0.1) is 0 Å². The molecule has 1 aromatic heterocycles. The molecule has 2 heterocycles. The first-order chi connectivity index (χ1) is 12.5. The maximum atomic E-state index is 12.1. The zero-order valence-corrected chi connectivity index (χ0v) is 14.4. The fourth-order valence-corrected chi connectivity index (χ4v) is 2.70. The molecule has 136 valence electrons. The van der Waals surface area contributed by atoms with Crippen LogP contribution in [0.25, 0.3) is 11.3 Å². The molecule has 2 aromatic rings. The third kappa shape index (κ3) is 4.11. The number of nitrogens with zero attached hydrogens (tertiary/aromatic N) is 1. The molecule has 0 saturated carbocycles. The van der Waals surface area contributed by atoms with Gasteiger partial charge in [0, 0.05) is 25.1 Å². The van der Waals surface area contributed by atoms with Crippen LogP contribution in [0.4, 0.5) is 4.79 Å². The molecule has 0 spiro atoms. The average molecular weight is 356 g/mol. The van der Waals surface area contributed by atoms with Crippen LogP contribution in [0.3, 0.4) is 0 Å². The third-order valence-electron chi connectivity index (χ3n) is 4.07. The number of ether oxygens (including phenoxy) is 1. The van der Waals surface area contributed by atoms with Crippen LogP contribution in [0.5, 0.6) is 0 Å². The van der Waals surface area contributed by atoms with Crippen LogP contribution >= 0.6 is 0 Å². The van der Waals surface area contributed by atoms with Gasteiger partial charge < -0.3 is 14.5 Å². The lowest BCUT2D eigenvalue weighted by atomic mass is 10.2. The van der Waals surface area contributed by atoms with E-state index in [9.17, 15) is 14.4 Å². The van der Waals surface area contributed by atoms with E-state index >= 15 is 0 Å². The summed E-state index contributed by atoms with van der Waals surface area (Å²) < 4.78 is 10.9. The van der Waals surface area contributed by atoms with E-state index in [0.717, 1.165) is 16.2 Å². The van der Waals surface area contributed by atoms with E-state index in [0.29, 0.717) is 18.7 Å². The summed E-state index contributed by atoms with van der Waals surface area (Å²) in [7, 11) is 0. The summed E-state index contributed by atoms with van der Waals surface area (Å²) in [6, 6.07) is 12.9. The fraction of sp³-hybridized carbons (Fsp3) is 0.316. The van der Waals surface area contributed by atoms with Crippen LogP contribution in [0.15, 0.2) is 46.9 Å². The van der Waals surface area contributed by atoms with Gasteiger partial charge in [-0.25, -0.2) is 4.79 Å². The molecule has 3 rings (SSSR count). The van der Waals surface area contributed by atoms with E-state index in [1.54, 1.807) is 0 Å². The maximum Gasteiger partial charge on any atom is 0.324 e. The van der Waals surface area contributed by atoms with Crippen molar-refractivity contribution in [3.05, 3.63) is 48.2 Å². The van der Waals surface area contributed by atoms with Gasteiger partial charge in [0.05, 0.1) is 6.42 Å². The quantitative estimate of drug-likeness (QED) is 0.803. The molecule has 7 nitrogen and oxygen atoms in total. The fourth-order valence-electron chi connectivity index (χ4n) is 2.70. The van der Waals surface area contributed by atoms with E-state index in [1.807, 2.05) is 42.5 Å². The Morgan fingerprint density at radius 3 is 2.69 bits per heavy atom. The lowest BCUT2D eigenvalue weighted by Crippen LogP contribution is -2.41. The number of furan rings is 1. The van der Waals surface area contributed by atoms with Gasteiger partial charge in [0.25, 0.3) is 5.91 Å². The molecule has 1 atom stereocenters. The second-order valence-electron chi connectivity index (χ2n) is 5.99. The molecule has 1 saturated heterocycles. The minimum absolute atomic E-state index is 0.0888. The molecule has 26 heavy (non-hydrogen) atoms. The van der Waals surface area contributed by atoms with Crippen LogP contribution < -0.4 is 5.32 Å². The summed E-state index contributed by atoms with van der Waals surface area (Å²) in [4.78, 5) is 36.6. The summed E-state index contributed by atoms with van der Waals surface area (Å²) in [5.41, 5.74) is 0.962. The topological polar surface area (TPSA) is 88.8 Å². The summed E-state index contributed by atoms with van der Waals surface area (Å²) in [5.74, 6) is 0.372. The van der Waals surface area contributed by atoms with Gasteiger partial charge in [-0.15, -0.1) is 0 Å². The Labute approximate surface area is 150 Å². The van der Waals surface area contributed by atoms with Crippen molar-refractivity contribution in [2.24, 2.45) is 0 Å². The molecule has 0 aliphatic carbocycles. The Balaban J connectivity index is 1.49. The summed E-state index contributed by atoms with van der Waals surface area (Å²) in [5, 5.41) is 2.53. The zero-order valence-electron chi connectivity index (χ0n) is 14.4. The van der Waals surface area contributed by atoms with Gasteiger partial charge in [0.1, 0.15) is 11.5 Å². The number of carbonyl (C=O) groups excluding carboxylic acids is 3. The molecule has 1 N–H and O–H groups in total. The molecule has 1 aromatic carbocycles. The Bertz CT molecular complexity index is 799. The van der Waals surface area contributed by atoms with Gasteiger partial charge in [-0.2, -0.15) is 0 Å². The van der Waals surface area contributed by atoms with Gasteiger partial charge in [0.15, 0.2) is 6.10 Å². The van der Waals surface area contributed by atoms with Crippen molar-refractivity contribution in [2.45, 2.75) is 25.9 Å². The number of hydrogen-bond acceptors (Lipinski definition) is 5. The van der Waals surface area contributed by atoms with Gasteiger partial charge in [0.2, 0.25) is 0 Å². The van der Waals surface area contributed by atoms with E-state index in [2.05, 4.69) is 5.32 Å². The van der Waals surface area contributed by atoms with Crippen molar-refractivity contribution in [2.75, 3.05) is 13.1 Å². The molecule has 1 fully saturated rings. The van der Waals surface area contributed by atoms with Gasteiger partial charge in [-0.3, -0.25) is 14.5 Å². The van der Waals surface area contributed by atoms with Gasteiger partial charge in [-0.1, -0.05) is 30.3 Å². The van der Waals surface area contributed by atoms with Crippen LogP contribution in [0.2, 0.25) is 0 Å². The van der Waals surface area contributed by atoms with Crippen molar-refractivity contribution < 1.29 is 23.5 Å². The van der Waals surface area contributed by atoms with Crippen LogP contribution in [-0.4, -0.2) is 42.0 Å². The number of benzene rings is 1. The standard InChI is InChI=1S/C19H20N2O5/c1-13(18(23)21-12-11-20-19(21)24)25-17(22)10-8-15-7-9-16(26-15)14-5-3-2-4-6-14/h2-7,9,13H,8,10-12H2,1H3,(H,20,24)/t13-/m0/s1. The smallest absolute Gasteiger partial charge is 0.324 e. The molecular weight excluding hydrogens is 336 g/mol. The van der Waals surface area contributed by atoms with Crippen LogP contribution in [-0.2, 0) is 20.7 Å². The summed E-state index contributed by atoms with van der Waals surface area (Å²) >= 11 is 0. The van der Waals surface area contributed by atoms with Gasteiger partial charge >= 0.3 is 12.0 Å². The number of nitrogens with one attached hydrogen (secondary N) is 1. The van der Waals surface area contributed by atoms with E-state index in [4.69, 9.17) is 9.15 Å². The highest BCUT2D eigenvalue weighted by Gasteiger charge is 2.31. The minimum Gasteiger partial charge on any atom is -0.461 e. The molecule has 1 aliphatic heterocycles. The van der Waals surface area contributed by atoms with Crippen molar-refractivity contribution in [1.29, 1.82) is 0 Å². The number of aryl methyl sites for hydroxylation is 1.